The number of carbonyl (C=O) groups is 2. The summed E-state index contributed by atoms with van der Waals surface area (Å²) in [5.41, 5.74) is 1.91. The lowest BCUT2D eigenvalue weighted by atomic mass is 9.81. The maximum Gasteiger partial charge on any atom is 0.254 e. The summed E-state index contributed by atoms with van der Waals surface area (Å²) in [6.45, 7) is 2.81. The molecule has 1 aromatic rings. The number of Topliss-reactive ketones (excluding diaryl/α,β-unsaturated/α-hetero) is 1. The first-order valence-electron chi connectivity index (χ1n) is 8.07. The van der Waals surface area contributed by atoms with Crippen molar-refractivity contribution in [2.45, 2.75) is 51.5 Å². The van der Waals surface area contributed by atoms with Gasteiger partial charge in [0.1, 0.15) is 5.78 Å². The van der Waals surface area contributed by atoms with Gasteiger partial charge in [0.15, 0.2) is 0 Å². The van der Waals surface area contributed by atoms with Crippen LogP contribution in [-0.2, 0) is 4.79 Å². The Labute approximate surface area is 126 Å². The molecule has 2 unspecified atom stereocenters. The van der Waals surface area contributed by atoms with E-state index in [2.05, 4.69) is 0 Å². The lowest BCUT2D eigenvalue weighted by molar-refractivity contribution is -0.126. The number of hydrogen-bond donors (Lipinski definition) is 0. The number of rotatable bonds is 2. The van der Waals surface area contributed by atoms with Crippen molar-refractivity contribution in [3.05, 3.63) is 35.4 Å². The molecule has 1 heterocycles. The van der Waals surface area contributed by atoms with Crippen LogP contribution in [0.15, 0.2) is 24.3 Å². The molecule has 0 spiro atoms. The summed E-state index contributed by atoms with van der Waals surface area (Å²) in [6.07, 6.45) is 5.81. The standard InChI is InChI=1S/C18H23NO2/c1-13-8-10-14(11-9-13)18(21)19-12-4-6-16(19)15-5-2-3-7-17(15)20/h8-11,15-16H,2-7,12H2,1H3. The Bertz CT molecular complexity index is 535. The van der Waals surface area contributed by atoms with Crippen LogP contribution in [0, 0.1) is 12.8 Å². The molecule has 3 heteroatoms. The Kier molecular flexibility index (Phi) is 4.09. The maximum absolute atomic E-state index is 12.7. The fraction of sp³-hybridized carbons (Fsp3) is 0.556. The fourth-order valence-electron chi connectivity index (χ4n) is 3.74. The Hall–Kier alpha value is -1.64. The van der Waals surface area contributed by atoms with Gasteiger partial charge in [-0.2, -0.15) is 0 Å². The number of hydrogen-bond acceptors (Lipinski definition) is 2. The van der Waals surface area contributed by atoms with Gasteiger partial charge in [0.25, 0.3) is 5.91 Å². The molecule has 1 amide bonds. The van der Waals surface area contributed by atoms with Crippen molar-refractivity contribution in [2.75, 3.05) is 6.54 Å². The van der Waals surface area contributed by atoms with Gasteiger partial charge in [-0.25, -0.2) is 0 Å². The van der Waals surface area contributed by atoms with Gasteiger partial charge in [-0.1, -0.05) is 24.1 Å². The summed E-state index contributed by atoms with van der Waals surface area (Å²) in [4.78, 5) is 26.9. The van der Waals surface area contributed by atoms with Crippen molar-refractivity contribution in [1.29, 1.82) is 0 Å². The Morgan fingerprint density at radius 3 is 2.57 bits per heavy atom. The highest BCUT2D eigenvalue weighted by Gasteiger charge is 2.39. The number of ketones is 1. The van der Waals surface area contributed by atoms with E-state index in [0.29, 0.717) is 12.2 Å². The van der Waals surface area contributed by atoms with E-state index in [1.165, 1.54) is 0 Å². The number of likely N-dealkylation sites (tertiary alicyclic amines) is 1. The molecule has 1 aliphatic heterocycles. The van der Waals surface area contributed by atoms with Gasteiger partial charge in [0.05, 0.1) is 0 Å². The van der Waals surface area contributed by atoms with Gasteiger partial charge < -0.3 is 4.90 Å². The Morgan fingerprint density at radius 2 is 1.86 bits per heavy atom. The molecule has 3 nitrogen and oxygen atoms in total. The van der Waals surface area contributed by atoms with Crippen LogP contribution in [0.4, 0.5) is 0 Å². The molecule has 1 saturated heterocycles. The zero-order valence-corrected chi connectivity index (χ0v) is 12.7. The minimum Gasteiger partial charge on any atom is -0.335 e. The average Bonchev–Trinajstić information content (AvgIpc) is 2.97. The van der Waals surface area contributed by atoms with Crippen LogP contribution < -0.4 is 0 Å². The SMILES string of the molecule is Cc1ccc(C(=O)N2CCCC2C2CCCCC2=O)cc1. The van der Waals surface area contributed by atoms with Crippen LogP contribution in [0.5, 0.6) is 0 Å². The van der Waals surface area contributed by atoms with Gasteiger partial charge in [-0.15, -0.1) is 0 Å². The lowest BCUT2D eigenvalue weighted by Gasteiger charge is -2.33. The lowest BCUT2D eigenvalue weighted by Crippen LogP contribution is -2.43. The second kappa shape index (κ2) is 6.00. The van der Waals surface area contributed by atoms with E-state index in [1.807, 2.05) is 36.1 Å². The molecular weight excluding hydrogens is 262 g/mol. The second-order valence-corrected chi connectivity index (χ2v) is 6.39. The van der Waals surface area contributed by atoms with Crippen LogP contribution >= 0.6 is 0 Å². The van der Waals surface area contributed by atoms with E-state index in [4.69, 9.17) is 0 Å². The van der Waals surface area contributed by atoms with E-state index in [1.54, 1.807) is 0 Å². The van der Waals surface area contributed by atoms with Crippen molar-refractivity contribution in [1.82, 2.24) is 4.90 Å². The Morgan fingerprint density at radius 1 is 1.10 bits per heavy atom. The summed E-state index contributed by atoms with van der Waals surface area (Å²) < 4.78 is 0. The van der Waals surface area contributed by atoms with Gasteiger partial charge in [0, 0.05) is 30.5 Å². The number of amides is 1. The van der Waals surface area contributed by atoms with Gasteiger partial charge in [-0.3, -0.25) is 9.59 Å². The molecule has 21 heavy (non-hydrogen) atoms. The average molecular weight is 285 g/mol. The molecule has 1 saturated carbocycles. The quantitative estimate of drug-likeness (QED) is 0.835. The van der Waals surface area contributed by atoms with Crippen molar-refractivity contribution >= 4 is 11.7 Å². The number of aryl methyl sites for hydroxylation is 1. The molecule has 0 bridgehead atoms. The summed E-state index contributed by atoms with van der Waals surface area (Å²) in [5.74, 6) is 0.543. The van der Waals surface area contributed by atoms with Crippen LogP contribution in [0.2, 0.25) is 0 Å². The molecule has 1 aromatic carbocycles. The third-order valence-corrected chi connectivity index (χ3v) is 4.92. The van der Waals surface area contributed by atoms with Crippen molar-refractivity contribution < 1.29 is 9.59 Å². The van der Waals surface area contributed by atoms with Crippen molar-refractivity contribution in [2.24, 2.45) is 5.92 Å². The zero-order chi connectivity index (χ0) is 14.8. The summed E-state index contributed by atoms with van der Waals surface area (Å²) in [5, 5.41) is 0. The third-order valence-electron chi connectivity index (χ3n) is 4.92. The first-order chi connectivity index (χ1) is 10.2. The van der Waals surface area contributed by atoms with Crippen molar-refractivity contribution in [3.63, 3.8) is 0 Å². The van der Waals surface area contributed by atoms with Crippen LogP contribution in [0.25, 0.3) is 0 Å². The van der Waals surface area contributed by atoms with Crippen molar-refractivity contribution in [3.8, 4) is 0 Å². The molecule has 0 radical (unpaired) electrons. The summed E-state index contributed by atoms with van der Waals surface area (Å²) >= 11 is 0. The smallest absolute Gasteiger partial charge is 0.254 e. The van der Waals surface area contributed by atoms with Crippen LogP contribution in [0.1, 0.15) is 54.4 Å². The molecule has 112 valence electrons. The van der Waals surface area contributed by atoms with E-state index in [9.17, 15) is 9.59 Å². The van der Waals surface area contributed by atoms with Crippen LogP contribution in [-0.4, -0.2) is 29.2 Å². The summed E-state index contributed by atoms with van der Waals surface area (Å²) in [7, 11) is 0. The highest BCUT2D eigenvalue weighted by molar-refractivity contribution is 5.95. The topological polar surface area (TPSA) is 37.4 Å². The predicted octanol–water partition coefficient (Wildman–Crippen LogP) is 3.36. The largest absolute Gasteiger partial charge is 0.335 e. The minimum absolute atomic E-state index is 0.0793. The van der Waals surface area contributed by atoms with E-state index in [0.717, 1.165) is 49.8 Å². The molecule has 3 rings (SSSR count). The molecule has 2 fully saturated rings. The van der Waals surface area contributed by atoms with Crippen LogP contribution in [0.3, 0.4) is 0 Å². The van der Waals surface area contributed by atoms with E-state index in [-0.39, 0.29) is 17.9 Å². The number of nitrogens with zero attached hydrogens (tertiary/aromatic N) is 1. The van der Waals surface area contributed by atoms with Gasteiger partial charge in [-0.05, 0) is 44.7 Å². The predicted molar refractivity (Wildman–Crippen MR) is 82.2 cm³/mol. The molecule has 0 aromatic heterocycles. The molecule has 0 N–H and O–H groups in total. The summed E-state index contributed by atoms with van der Waals surface area (Å²) in [6, 6.07) is 7.88. The number of benzene rings is 1. The van der Waals surface area contributed by atoms with E-state index >= 15 is 0 Å². The highest BCUT2D eigenvalue weighted by Crippen LogP contribution is 2.33. The molecule has 2 aliphatic rings. The minimum atomic E-state index is 0.0793. The first-order valence-corrected chi connectivity index (χ1v) is 8.07. The Balaban J connectivity index is 1.78. The maximum atomic E-state index is 12.7. The second-order valence-electron chi connectivity index (χ2n) is 6.39. The normalized spacial score (nSPS) is 26.1. The highest BCUT2D eigenvalue weighted by atomic mass is 16.2. The molecular formula is C18H23NO2. The molecule has 1 aliphatic carbocycles. The fourth-order valence-corrected chi connectivity index (χ4v) is 3.74. The number of carbonyl (C=O) groups excluding carboxylic acids is 2. The monoisotopic (exact) mass is 285 g/mol. The molecule has 2 atom stereocenters. The van der Waals surface area contributed by atoms with E-state index < -0.39 is 0 Å². The third kappa shape index (κ3) is 2.87. The van der Waals surface area contributed by atoms with Gasteiger partial charge in [0.2, 0.25) is 0 Å². The first kappa shape index (κ1) is 14.3. The zero-order valence-electron chi connectivity index (χ0n) is 12.7. The van der Waals surface area contributed by atoms with Gasteiger partial charge >= 0.3 is 0 Å².